The van der Waals surface area contributed by atoms with Crippen LogP contribution in [0, 0.1) is 11.6 Å². The van der Waals surface area contributed by atoms with Crippen LogP contribution in [0.3, 0.4) is 0 Å². The molecule has 1 aromatic heterocycles. The molecule has 0 amide bonds. The number of hydrogen-bond acceptors (Lipinski definition) is 3. The molecule has 1 unspecified atom stereocenters. The Morgan fingerprint density at radius 1 is 1.19 bits per heavy atom. The van der Waals surface area contributed by atoms with Crippen LogP contribution in [0.2, 0.25) is 5.02 Å². The van der Waals surface area contributed by atoms with Gasteiger partial charge in [-0.2, -0.15) is 0 Å². The minimum atomic E-state index is -1.55. The molecule has 4 rings (SSSR count). The molecule has 2 N–H and O–H groups in total. The lowest BCUT2D eigenvalue weighted by Gasteiger charge is -2.17. The molecule has 160 valence electrons. The number of ether oxygens (including phenoxy) is 1. The predicted octanol–water partition coefficient (Wildman–Crippen LogP) is 5.16. The van der Waals surface area contributed by atoms with Gasteiger partial charge in [0.15, 0.2) is 0 Å². The molecule has 0 aliphatic carbocycles. The Balaban J connectivity index is 1.85. The van der Waals surface area contributed by atoms with Crippen molar-refractivity contribution in [2.45, 2.75) is 12.6 Å². The molecule has 3 aromatic carbocycles. The predicted molar refractivity (Wildman–Crippen MR) is 118 cm³/mol. The lowest BCUT2D eigenvalue weighted by molar-refractivity contribution is 0.214. The van der Waals surface area contributed by atoms with E-state index in [4.69, 9.17) is 16.3 Å². The molecule has 0 radical (unpaired) electrons. The Bertz CT molecular complexity index is 1340. The van der Waals surface area contributed by atoms with Crippen LogP contribution in [0.1, 0.15) is 22.8 Å². The Labute approximate surface area is 189 Å². The number of fused-ring (bicyclic) bond motifs is 1. The summed E-state index contributed by atoms with van der Waals surface area (Å²) in [7, 11) is 1.56. The van der Waals surface area contributed by atoms with Crippen molar-refractivity contribution in [1.82, 2.24) is 9.55 Å². The molecule has 1 atom stereocenters. The SMILES string of the molecule is COc1ccc(Cn2c(=O)[nH]c3cc(F)c(C(O)c4cc(F)ccc4Cl)c(Br)c32)cc1. The maximum Gasteiger partial charge on any atom is 0.326 e. The molecule has 0 bridgehead atoms. The molecule has 1 heterocycles. The fourth-order valence-electron chi connectivity index (χ4n) is 3.46. The number of aromatic nitrogens is 2. The Hall–Kier alpha value is -2.68. The topological polar surface area (TPSA) is 67.2 Å². The first-order valence-electron chi connectivity index (χ1n) is 9.16. The zero-order valence-corrected chi connectivity index (χ0v) is 18.5. The number of halogens is 4. The summed E-state index contributed by atoms with van der Waals surface area (Å²) in [6.07, 6.45) is -1.55. The molecule has 0 saturated carbocycles. The molecule has 5 nitrogen and oxygen atoms in total. The zero-order valence-electron chi connectivity index (χ0n) is 16.1. The number of methoxy groups -OCH3 is 1. The number of benzene rings is 3. The van der Waals surface area contributed by atoms with E-state index in [1.165, 1.54) is 10.6 Å². The number of nitrogens with zero attached hydrogens (tertiary/aromatic N) is 1. The van der Waals surface area contributed by atoms with E-state index in [0.717, 1.165) is 23.8 Å². The summed E-state index contributed by atoms with van der Waals surface area (Å²) in [6, 6.07) is 11.8. The lowest BCUT2D eigenvalue weighted by Crippen LogP contribution is -2.17. The van der Waals surface area contributed by atoms with E-state index in [0.29, 0.717) is 11.3 Å². The molecular weight excluding hydrogens is 494 g/mol. The van der Waals surface area contributed by atoms with Crippen molar-refractivity contribution in [2.24, 2.45) is 0 Å². The van der Waals surface area contributed by atoms with E-state index in [2.05, 4.69) is 20.9 Å². The van der Waals surface area contributed by atoms with Crippen molar-refractivity contribution >= 4 is 38.6 Å². The fraction of sp³-hybridized carbons (Fsp3) is 0.136. The molecule has 0 saturated heterocycles. The van der Waals surface area contributed by atoms with Gasteiger partial charge in [-0.3, -0.25) is 4.57 Å². The number of aliphatic hydroxyl groups excluding tert-OH is 1. The summed E-state index contributed by atoms with van der Waals surface area (Å²) >= 11 is 9.43. The van der Waals surface area contributed by atoms with Crippen molar-refractivity contribution in [3.63, 3.8) is 0 Å². The van der Waals surface area contributed by atoms with E-state index < -0.39 is 23.4 Å². The van der Waals surface area contributed by atoms with Crippen molar-refractivity contribution in [2.75, 3.05) is 7.11 Å². The molecule has 0 spiro atoms. The maximum atomic E-state index is 14.9. The zero-order chi connectivity index (χ0) is 22.3. The average molecular weight is 510 g/mol. The fourth-order valence-corrected chi connectivity index (χ4v) is 4.52. The van der Waals surface area contributed by atoms with Crippen molar-refractivity contribution in [3.8, 4) is 5.75 Å². The monoisotopic (exact) mass is 508 g/mol. The average Bonchev–Trinajstić information content (AvgIpc) is 3.05. The minimum Gasteiger partial charge on any atom is -0.497 e. The second-order valence-corrected chi connectivity index (χ2v) is 8.12. The highest BCUT2D eigenvalue weighted by Gasteiger charge is 2.25. The van der Waals surface area contributed by atoms with Crippen LogP contribution >= 0.6 is 27.5 Å². The van der Waals surface area contributed by atoms with E-state index in [1.807, 2.05) is 12.1 Å². The van der Waals surface area contributed by atoms with Crippen LogP contribution < -0.4 is 10.4 Å². The van der Waals surface area contributed by atoms with Gasteiger partial charge in [0, 0.05) is 22.2 Å². The third-order valence-corrected chi connectivity index (χ3v) is 6.16. The Morgan fingerprint density at radius 2 is 1.90 bits per heavy atom. The summed E-state index contributed by atoms with van der Waals surface area (Å²) in [5.74, 6) is -0.713. The number of hydrogen-bond donors (Lipinski definition) is 2. The lowest BCUT2D eigenvalue weighted by atomic mass is 10.00. The number of nitrogens with one attached hydrogen (secondary N) is 1. The first kappa shape index (κ1) is 21.5. The van der Waals surface area contributed by atoms with Crippen LogP contribution in [0.25, 0.3) is 11.0 Å². The highest BCUT2D eigenvalue weighted by atomic mass is 79.9. The van der Waals surface area contributed by atoms with Gasteiger partial charge in [0.1, 0.15) is 23.5 Å². The number of H-pyrrole nitrogens is 1. The quantitative estimate of drug-likeness (QED) is 0.390. The van der Waals surface area contributed by atoms with Gasteiger partial charge in [0.25, 0.3) is 0 Å². The number of imidazole rings is 1. The maximum absolute atomic E-state index is 14.9. The van der Waals surface area contributed by atoms with Crippen molar-refractivity contribution in [1.29, 1.82) is 0 Å². The second kappa shape index (κ2) is 8.45. The van der Waals surface area contributed by atoms with E-state index in [-0.39, 0.29) is 32.7 Å². The van der Waals surface area contributed by atoms with Gasteiger partial charge in [-0.1, -0.05) is 23.7 Å². The summed E-state index contributed by atoms with van der Waals surface area (Å²) < 4.78 is 35.4. The van der Waals surface area contributed by atoms with Gasteiger partial charge in [0.05, 0.1) is 29.2 Å². The van der Waals surface area contributed by atoms with Crippen molar-refractivity contribution < 1.29 is 18.6 Å². The Kier molecular flexibility index (Phi) is 5.88. The van der Waals surface area contributed by atoms with Gasteiger partial charge < -0.3 is 14.8 Å². The third kappa shape index (κ3) is 3.98. The van der Waals surface area contributed by atoms with Crippen molar-refractivity contribution in [3.05, 3.63) is 96.8 Å². The van der Waals surface area contributed by atoms with Gasteiger partial charge in [-0.25, -0.2) is 13.6 Å². The molecule has 0 aliphatic rings. The normalized spacial score (nSPS) is 12.3. The van der Waals surface area contributed by atoms with Crippen LogP contribution in [0.15, 0.2) is 57.8 Å². The largest absolute Gasteiger partial charge is 0.497 e. The highest BCUT2D eigenvalue weighted by molar-refractivity contribution is 9.10. The summed E-state index contributed by atoms with van der Waals surface area (Å²) in [5, 5.41) is 10.9. The smallest absolute Gasteiger partial charge is 0.326 e. The van der Waals surface area contributed by atoms with Crippen LogP contribution in [-0.4, -0.2) is 21.8 Å². The van der Waals surface area contributed by atoms with Crippen LogP contribution in [0.4, 0.5) is 8.78 Å². The molecule has 4 aromatic rings. The summed E-state index contributed by atoms with van der Waals surface area (Å²) in [5.41, 5.74) is 0.854. The minimum absolute atomic E-state index is 0.0141. The van der Waals surface area contributed by atoms with E-state index in [9.17, 15) is 18.7 Å². The van der Waals surface area contributed by atoms with Gasteiger partial charge >= 0.3 is 5.69 Å². The molecule has 0 fully saturated rings. The second-order valence-electron chi connectivity index (χ2n) is 6.91. The summed E-state index contributed by atoms with van der Waals surface area (Å²) in [4.78, 5) is 15.2. The van der Waals surface area contributed by atoms with E-state index in [1.54, 1.807) is 19.2 Å². The molecule has 9 heteroatoms. The third-order valence-electron chi connectivity index (χ3n) is 5.01. The van der Waals surface area contributed by atoms with Gasteiger partial charge in [-0.15, -0.1) is 0 Å². The van der Waals surface area contributed by atoms with Crippen LogP contribution in [0.5, 0.6) is 5.75 Å². The number of aromatic amines is 1. The number of aliphatic hydroxyl groups is 1. The van der Waals surface area contributed by atoms with Gasteiger partial charge in [0.2, 0.25) is 0 Å². The van der Waals surface area contributed by atoms with E-state index >= 15 is 0 Å². The first-order chi connectivity index (χ1) is 14.8. The standard InChI is InChI=1S/C22H16BrClF2N2O3/c1-31-13-5-2-11(3-6-13)10-28-20-17(27-22(28)30)9-16(26)18(19(20)23)21(29)14-8-12(25)4-7-15(14)24/h2-9,21,29H,10H2,1H3,(H,27,30). The molecule has 0 aliphatic heterocycles. The Morgan fingerprint density at radius 3 is 2.58 bits per heavy atom. The number of rotatable bonds is 5. The van der Waals surface area contributed by atoms with Gasteiger partial charge in [-0.05, 0) is 51.8 Å². The molecular formula is C22H16BrClF2N2O3. The molecule has 31 heavy (non-hydrogen) atoms. The highest BCUT2D eigenvalue weighted by Crippen LogP contribution is 2.38. The summed E-state index contributed by atoms with van der Waals surface area (Å²) in [6.45, 7) is 0.198. The van der Waals surface area contributed by atoms with Crippen LogP contribution in [-0.2, 0) is 6.54 Å². The first-order valence-corrected chi connectivity index (χ1v) is 10.3.